The van der Waals surface area contributed by atoms with Gasteiger partial charge in [0.1, 0.15) is 0 Å². The van der Waals surface area contributed by atoms with Crippen LogP contribution in [0.2, 0.25) is 0 Å². The quantitative estimate of drug-likeness (QED) is 0.421. The van der Waals surface area contributed by atoms with E-state index in [1.807, 2.05) is 7.05 Å². The summed E-state index contributed by atoms with van der Waals surface area (Å²) in [5, 5.41) is 3.61. The number of nitrogens with one attached hydrogen (secondary N) is 1. The van der Waals surface area contributed by atoms with Crippen molar-refractivity contribution in [1.82, 2.24) is 15.1 Å². The SMILES string of the molecule is CN=C(NCCN1CCC(C)CC1)N1CCC2(CCCC2)C1.I. The molecule has 0 unspecified atom stereocenters. The number of piperidine rings is 1. The van der Waals surface area contributed by atoms with Gasteiger partial charge in [-0.05, 0) is 56.5 Å². The van der Waals surface area contributed by atoms with Crippen molar-refractivity contribution in [3.63, 3.8) is 0 Å². The van der Waals surface area contributed by atoms with Gasteiger partial charge < -0.3 is 15.1 Å². The molecule has 0 aromatic heterocycles. The van der Waals surface area contributed by atoms with Crippen molar-refractivity contribution in [2.24, 2.45) is 16.3 Å². The van der Waals surface area contributed by atoms with Crippen molar-refractivity contribution in [3.8, 4) is 0 Å². The number of hydrogen-bond donors (Lipinski definition) is 1. The maximum atomic E-state index is 4.53. The lowest BCUT2D eigenvalue weighted by Crippen LogP contribution is -2.45. The first-order valence-electron chi connectivity index (χ1n) is 9.39. The molecule has 3 rings (SSSR count). The maximum absolute atomic E-state index is 4.53. The normalized spacial score (nSPS) is 25.8. The van der Waals surface area contributed by atoms with Gasteiger partial charge in [0.2, 0.25) is 0 Å². The molecule has 2 aliphatic heterocycles. The molecule has 1 saturated carbocycles. The van der Waals surface area contributed by atoms with E-state index in [0.717, 1.165) is 25.0 Å². The molecule has 0 aromatic rings. The molecule has 134 valence electrons. The van der Waals surface area contributed by atoms with Crippen LogP contribution < -0.4 is 5.32 Å². The number of halogens is 1. The third kappa shape index (κ3) is 4.97. The molecular formula is C18H35IN4. The lowest BCUT2D eigenvalue weighted by atomic mass is 9.86. The minimum Gasteiger partial charge on any atom is -0.355 e. The van der Waals surface area contributed by atoms with Gasteiger partial charge in [-0.25, -0.2) is 0 Å². The van der Waals surface area contributed by atoms with Gasteiger partial charge in [0, 0.05) is 33.2 Å². The number of hydrogen-bond acceptors (Lipinski definition) is 2. The molecule has 5 heteroatoms. The lowest BCUT2D eigenvalue weighted by Gasteiger charge is -2.31. The van der Waals surface area contributed by atoms with Gasteiger partial charge in [0.15, 0.2) is 5.96 Å². The minimum atomic E-state index is 0. The summed E-state index contributed by atoms with van der Waals surface area (Å²) in [6, 6.07) is 0. The zero-order chi connectivity index (χ0) is 15.4. The highest BCUT2D eigenvalue weighted by Crippen LogP contribution is 2.45. The summed E-state index contributed by atoms with van der Waals surface area (Å²) in [6.45, 7) is 9.54. The number of nitrogens with zero attached hydrogens (tertiary/aromatic N) is 3. The average Bonchev–Trinajstić information content (AvgIpc) is 3.16. The highest BCUT2D eigenvalue weighted by atomic mass is 127. The molecule has 0 radical (unpaired) electrons. The zero-order valence-corrected chi connectivity index (χ0v) is 17.3. The average molecular weight is 434 g/mol. The van der Waals surface area contributed by atoms with Crippen LogP contribution in [0.4, 0.5) is 0 Å². The molecule has 23 heavy (non-hydrogen) atoms. The maximum Gasteiger partial charge on any atom is 0.193 e. The molecule has 2 heterocycles. The van der Waals surface area contributed by atoms with Crippen molar-refractivity contribution >= 4 is 29.9 Å². The molecule has 0 amide bonds. The fraction of sp³-hybridized carbons (Fsp3) is 0.944. The van der Waals surface area contributed by atoms with Crippen LogP contribution in [0.15, 0.2) is 4.99 Å². The van der Waals surface area contributed by atoms with Gasteiger partial charge in [-0.2, -0.15) is 0 Å². The van der Waals surface area contributed by atoms with Crippen molar-refractivity contribution in [2.45, 2.75) is 51.9 Å². The summed E-state index contributed by atoms with van der Waals surface area (Å²) in [6.07, 6.45) is 9.85. The Morgan fingerprint density at radius 3 is 2.48 bits per heavy atom. The second kappa shape index (κ2) is 8.88. The Morgan fingerprint density at radius 1 is 1.13 bits per heavy atom. The Morgan fingerprint density at radius 2 is 1.83 bits per heavy atom. The first-order valence-corrected chi connectivity index (χ1v) is 9.39. The van der Waals surface area contributed by atoms with Crippen LogP contribution in [0.3, 0.4) is 0 Å². The predicted molar refractivity (Wildman–Crippen MR) is 109 cm³/mol. The van der Waals surface area contributed by atoms with Gasteiger partial charge in [0.25, 0.3) is 0 Å². The summed E-state index contributed by atoms with van der Waals surface area (Å²) in [5.41, 5.74) is 0.626. The van der Waals surface area contributed by atoms with E-state index in [4.69, 9.17) is 0 Å². The van der Waals surface area contributed by atoms with E-state index >= 15 is 0 Å². The van der Waals surface area contributed by atoms with Gasteiger partial charge in [-0.1, -0.05) is 19.8 Å². The number of rotatable bonds is 3. The smallest absolute Gasteiger partial charge is 0.193 e. The van der Waals surface area contributed by atoms with Crippen LogP contribution in [-0.4, -0.2) is 62.1 Å². The Hall–Kier alpha value is -0.0400. The molecule has 3 aliphatic rings. The van der Waals surface area contributed by atoms with Crippen LogP contribution in [0.5, 0.6) is 0 Å². The Balaban J connectivity index is 0.00000192. The largest absolute Gasteiger partial charge is 0.355 e. The van der Waals surface area contributed by atoms with Gasteiger partial charge in [-0.15, -0.1) is 24.0 Å². The second-order valence-corrected chi connectivity index (χ2v) is 7.88. The predicted octanol–water partition coefficient (Wildman–Crippen LogP) is 3.18. The van der Waals surface area contributed by atoms with E-state index in [0.29, 0.717) is 5.41 Å². The van der Waals surface area contributed by atoms with E-state index in [1.165, 1.54) is 71.1 Å². The highest BCUT2D eigenvalue weighted by Gasteiger charge is 2.41. The molecule has 2 saturated heterocycles. The van der Waals surface area contributed by atoms with Crippen LogP contribution in [0.25, 0.3) is 0 Å². The summed E-state index contributed by atoms with van der Waals surface area (Å²) in [5.74, 6) is 2.05. The van der Waals surface area contributed by atoms with Crippen molar-refractivity contribution < 1.29 is 0 Å². The molecule has 1 aliphatic carbocycles. The monoisotopic (exact) mass is 434 g/mol. The van der Waals surface area contributed by atoms with E-state index < -0.39 is 0 Å². The fourth-order valence-corrected chi connectivity index (χ4v) is 4.59. The first-order chi connectivity index (χ1) is 10.7. The topological polar surface area (TPSA) is 30.9 Å². The van der Waals surface area contributed by atoms with Crippen molar-refractivity contribution in [2.75, 3.05) is 46.3 Å². The zero-order valence-electron chi connectivity index (χ0n) is 15.0. The number of guanidine groups is 1. The van der Waals surface area contributed by atoms with Crippen LogP contribution in [0, 0.1) is 11.3 Å². The fourth-order valence-electron chi connectivity index (χ4n) is 4.59. The molecule has 0 aromatic carbocycles. The van der Waals surface area contributed by atoms with E-state index in [9.17, 15) is 0 Å². The standard InChI is InChI=1S/C18H34N4.HI/c1-16-5-11-21(12-6-16)14-10-20-17(19-2)22-13-9-18(15-22)7-3-4-8-18;/h16H,3-15H2,1-2H3,(H,19,20);1H. The van der Waals surface area contributed by atoms with Crippen molar-refractivity contribution in [3.05, 3.63) is 0 Å². The van der Waals surface area contributed by atoms with Crippen LogP contribution in [0.1, 0.15) is 51.9 Å². The lowest BCUT2D eigenvalue weighted by molar-refractivity contribution is 0.195. The minimum absolute atomic E-state index is 0. The first kappa shape index (κ1) is 19.3. The summed E-state index contributed by atoms with van der Waals surface area (Å²) >= 11 is 0. The van der Waals surface area contributed by atoms with Crippen LogP contribution in [-0.2, 0) is 0 Å². The molecular weight excluding hydrogens is 399 g/mol. The summed E-state index contributed by atoms with van der Waals surface area (Å²) in [4.78, 5) is 9.64. The Labute approximate surface area is 159 Å². The van der Waals surface area contributed by atoms with E-state index in [-0.39, 0.29) is 24.0 Å². The van der Waals surface area contributed by atoms with E-state index in [1.54, 1.807) is 0 Å². The van der Waals surface area contributed by atoms with Gasteiger partial charge >= 0.3 is 0 Å². The van der Waals surface area contributed by atoms with Crippen molar-refractivity contribution in [1.29, 1.82) is 0 Å². The summed E-state index contributed by atoms with van der Waals surface area (Å²) in [7, 11) is 1.94. The van der Waals surface area contributed by atoms with E-state index in [2.05, 4.69) is 27.0 Å². The number of likely N-dealkylation sites (tertiary alicyclic amines) is 2. The number of aliphatic imine (C=N–C) groups is 1. The molecule has 1 spiro atoms. The van der Waals surface area contributed by atoms with Gasteiger partial charge in [-0.3, -0.25) is 4.99 Å². The van der Waals surface area contributed by atoms with Gasteiger partial charge in [0.05, 0.1) is 0 Å². The Kier molecular flexibility index (Phi) is 7.45. The molecule has 4 nitrogen and oxygen atoms in total. The molecule has 0 bridgehead atoms. The highest BCUT2D eigenvalue weighted by molar-refractivity contribution is 14.0. The molecule has 1 N–H and O–H groups in total. The third-order valence-corrected chi connectivity index (χ3v) is 6.20. The van der Waals surface area contributed by atoms with Crippen LogP contribution >= 0.6 is 24.0 Å². The third-order valence-electron chi connectivity index (χ3n) is 6.20. The second-order valence-electron chi connectivity index (χ2n) is 7.88. The molecule has 0 atom stereocenters. The summed E-state index contributed by atoms with van der Waals surface area (Å²) < 4.78 is 0. The molecule has 3 fully saturated rings. The Bertz CT molecular complexity index is 384.